The van der Waals surface area contributed by atoms with E-state index in [1.54, 1.807) is 14.0 Å². The molecule has 1 aromatic heterocycles. The molecule has 0 fully saturated rings. The van der Waals surface area contributed by atoms with Gasteiger partial charge in [0.2, 0.25) is 0 Å². The van der Waals surface area contributed by atoms with Gasteiger partial charge in [0.1, 0.15) is 6.04 Å². The molecule has 0 bridgehead atoms. The number of rotatable bonds is 5. The number of amides is 1. The summed E-state index contributed by atoms with van der Waals surface area (Å²) in [4.78, 5) is 22.9. The number of carboxylic acids is 1. The van der Waals surface area contributed by atoms with Crippen LogP contribution in [0.15, 0.2) is 0 Å². The summed E-state index contributed by atoms with van der Waals surface area (Å²) >= 11 is 0. The summed E-state index contributed by atoms with van der Waals surface area (Å²) in [5.74, 6) is -1.37. The number of nitrogens with zero attached hydrogens (tertiary/aromatic N) is 3. The second-order valence-corrected chi connectivity index (χ2v) is 4.64. The summed E-state index contributed by atoms with van der Waals surface area (Å²) in [6, 6.07) is -0.904. The van der Waals surface area contributed by atoms with Crippen LogP contribution in [0.2, 0.25) is 0 Å². The highest BCUT2D eigenvalue weighted by atomic mass is 16.4. The molecule has 1 rings (SSSR count). The molecule has 0 aliphatic carbocycles. The van der Waals surface area contributed by atoms with E-state index in [4.69, 9.17) is 5.11 Å². The van der Waals surface area contributed by atoms with Gasteiger partial charge in [-0.05, 0) is 19.3 Å². The van der Waals surface area contributed by atoms with Crippen molar-refractivity contribution in [2.45, 2.75) is 33.2 Å². The summed E-state index contributed by atoms with van der Waals surface area (Å²) in [5.41, 5.74) is 0.758. The van der Waals surface area contributed by atoms with E-state index >= 15 is 0 Å². The minimum Gasteiger partial charge on any atom is -0.480 e. The zero-order valence-electron chi connectivity index (χ0n) is 11.0. The van der Waals surface area contributed by atoms with Crippen LogP contribution in [0, 0.1) is 12.8 Å². The van der Waals surface area contributed by atoms with Gasteiger partial charge in [-0.2, -0.15) is 0 Å². The number of carbonyl (C=O) groups is 2. The quantitative estimate of drug-likeness (QED) is 0.790. The summed E-state index contributed by atoms with van der Waals surface area (Å²) in [5, 5.41) is 18.9. The standard InChI is InChI=1S/C11H18N4O3/c1-6(2)5-8(11(17)18)12-10(16)9-7(3)15(4)14-13-9/h6,8H,5H2,1-4H3,(H,12,16)(H,17,18)/t8-/m1/s1. The molecular weight excluding hydrogens is 236 g/mol. The third kappa shape index (κ3) is 3.28. The molecule has 0 saturated heterocycles. The Bertz CT molecular complexity index is 453. The Morgan fingerprint density at radius 3 is 2.44 bits per heavy atom. The van der Waals surface area contributed by atoms with Crippen LogP contribution >= 0.6 is 0 Å². The van der Waals surface area contributed by atoms with E-state index in [0.717, 1.165) is 0 Å². The van der Waals surface area contributed by atoms with Gasteiger partial charge in [0.15, 0.2) is 5.69 Å². The van der Waals surface area contributed by atoms with E-state index in [1.165, 1.54) is 4.68 Å². The van der Waals surface area contributed by atoms with Crippen molar-refractivity contribution in [1.82, 2.24) is 20.3 Å². The molecule has 0 spiro atoms. The van der Waals surface area contributed by atoms with Crippen LogP contribution < -0.4 is 5.32 Å². The number of hydrogen-bond donors (Lipinski definition) is 2. The number of aryl methyl sites for hydroxylation is 1. The van der Waals surface area contributed by atoms with Gasteiger partial charge in [-0.1, -0.05) is 19.1 Å². The second-order valence-electron chi connectivity index (χ2n) is 4.64. The largest absolute Gasteiger partial charge is 0.480 e. The predicted molar refractivity (Wildman–Crippen MR) is 64.1 cm³/mol. The average molecular weight is 254 g/mol. The lowest BCUT2D eigenvalue weighted by atomic mass is 10.0. The number of carbonyl (C=O) groups excluding carboxylic acids is 1. The molecule has 0 unspecified atom stereocenters. The average Bonchev–Trinajstić information content (AvgIpc) is 2.58. The second kappa shape index (κ2) is 5.61. The Morgan fingerprint density at radius 1 is 1.44 bits per heavy atom. The van der Waals surface area contributed by atoms with Crippen LogP contribution in [0.5, 0.6) is 0 Å². The molecule has 7 heteroatoms. The fourth-order valence-corrected chi connectivity index (χ4v) is 1.53. The number of aromatic nitrogens is 3. The first-order valence-electron chi connectivity index (χ1n) is 5.72. The molecule has 0 aliphatic rings. The van der Waals surface area contributed by atoms with Crippen molar-refractivity contribution >= 4 is 11.9 Å². The van der Waals surface area contributed by atoms with Crippen molar-refractivity contribution in [2.24, 2.45) is 13.0 Å². The Labute approximate surface area is 105 Å². The van der Waals surface area contributed by atoms with Gasteiger partial charge >= 0.3 is 5.97 Å². The molecule has 1 amide bonds. The first-order chi connectivity index (χ1) is 8.32. The lowest BCUT2D eigenvalue weighted by Gasteiger charge is -2.15. The van der Waals surface area contributed by atoms with Gasteiger partial charge in [0.25, 0.3) is 5.91 Å². The van der Waals surface area contributed by atoms with Gasteiger partial charge in [-0.25, -0.2) is 4.79 Å². The van der Waals surface area contributed by atoms with Crippen molar-refractivity contribution in [3.05, 3.63) is 11.4 Å². The normalized spacial score (nSPS) is 12.5. The fraction of sp³-hybridized carbons (Fsp3) is 0.636. The Hall–Kier alpha value is -1.92. The van der Waals surface area contributed by atoms with Crippen LogP contribution in [0.25, 0.3) is 0 Å². The number of nitrogens with one attached hydrogen (secondary N) is 1. The highest BCUT2D eigenvalue weighted by molar-refractivity contribution is 5.95. The maximum absolute atomic E-state index is 11.9. The Morgan fingerprint density at radius 2 is 2.06 bits per heavy atom. The lowest BCUT2D eigenvalue weighted by molar-refractivity contribution is -0.139. The first kappa shape index (κ1) is 14.1. The number of hydrogen-bond acceptors (Lipinski definition) is 4. The molecule has 100 valence electrons. The van der Waals surface area contributed by atoms with Crippen molar-refractivity contribution in [3.8, 4) is 0 Å². The third-order valence-corrected chi connectivity index (χ3v) is 2.63. The molecule has 1 atom stereocenters. The molecular formula is C11H18N4O3. The minimum atomic E-state index is -1.04. The molecule has 1 aromatic rings. The third-order valence-electron chi connectivity index (χ3n) is 2.63. The van der Waals surface area contributed by atoms with E-state index in [2.05, 4.69) is 15.6 Å². The van der Waals surface area contributed by atoms with Crippen LogP contribution in [-0.4, -0.2) is 38.0 Å². The van der Waals surface area contributed by atoms with Crippen molar-refractivity contribution in [2.75, 3.05) is 0 Å². The van der Waals surface area contributed by atoms with Gasteiger partial charge in [-0.15, -0.1) is 5.10 Å². The smallest absolute Gasteiger partial charge is 0.326 e. The minimum absolute atomic E-state index is 0.160. The van der Waals surface area contributed by atoms with E-state index in [0.29, 0.717) is 12.1 Å². The van der Waals surface area contributed by atoms with Crippen LogP contribution in [0.4, 0.5) is 0 Å². The number of aliphatic carboxylic acids is 1. The Kier molecular flexibility index (Phi) is 4.41. The molecule has 7 nitrogen and oxygen atoms in total. The van der Waals surface area contributed by atoms with Gasteiger partial charge in [-0.3, -0.25) is 9.48 Å². The van der Waals surface area contributed by atoms with Gasteiger partial charge in [0, 0.05) is 7.05 Å². The maximum Gasteiger partial charge on any atom is 0.326 e. The van der Waals surface area contributed by atoms with E-state index in [-0.39, 0.29) is 11.6 Å². The van der Waals surface area contributed by atoms with Gasteiger partial charge in [0.05, 0.1) is 5.69 Å². The van der Waals surface area contributed by atoms with Crippen molar-refractivity contribution in [1.29, 1.82) is 0 Å². The van der Waals surface area contributed by atoms with Crippen LogP contribution in [-0.2, 0) is 11.8 Å². The Balaban J connectivity index is 2.79. The van der Waals surface area contributed by atoms with Gasteiger partial charge < -0.3 is 10.4 Å². The molecule has 0 aliphatic heterocycles. The highest BCUT2D eigenvalue weighted by Crippen LogP contribution is 2.07. The maximum atomic E-state index is 11.9. The summed E-state index contributed by atoms with van der Waals surface area (Å²) < 4.78 is 1.47. The first-order valence-corrected chi connectivity index (χ1v) is 5.72. The van der Waals surface area contributed by atoms with Crippen LogP contribution in [0.1, 0.15) is 36.5 Å². The number of carboxylic acid groups (broad SMARTS) is 1. The highest BCUT2D eigenvalue weighted by Gasteiger charge is 2.24. The molecule has 2 N–H and O–H groups in total. The predicted octanol–water partition coefficient (Wildman–Crippen LogP) is 0.353. The SMILES string of the molecule is Cc1c(C(=O)N[C@H](CC(C)C)C(=O)O)nnn1C. The summed E-state index contributed by atoms with van der Waals surface area (Å²) in [6.45, 7) is 5.50. The molecule has 18 heavy (non-hydrogen) atoms. The van der Waals surface area contributed by atoms with Crippen molar-refractivity contribution < 1.29 is 14.7 Å². The van der Waals surface area contributed by atoms with E-state index in [9.17, 15) is 9.59 Å². The zero-order valence-corrected chi connectivity index (χ0v) is 11.0. The lowest BCUT2D eigenvalue weighted by Crippen LogP contribution is -2.42. The topological polar surface area (TPSA) is 97.1 Å². The summed E-state index contributed by atoms with van der Waals surface area (Å²) in [6.07, 6.45) is 0.375. The van der Waals surface area contributed by atoms with E-state index in [1.807, 2.05) is 13.8 Å². The molecule has 1 heterocycles. The fourth-order valence-electron chi connectivity index (χ4n) is 1.53. The molecule has 0 radical (unpaired) electrons. The van der Waals surface area contributed by atoms with Crippen molar-refractivity contribution in [3.63, 3.8) is 0 Å². The zero-order chi connectivity index (χ0) is 13.9. The van der Waals surface area contributed by atoms with Crippen LogP contribution in [0.3, 0.4) is 0 Å². The molecule has 0 aromatic carbocycles. The van der Waals surface area contributed by atoms with E-state index < -0.39 is 17.9 Å². The molecule has 0 saturated carbocycles. The summed E-state index contributed by atoms with van der Waals surface area (Å²) in [7, 11) is 1.67. The monoisotopic (exact) mass is 254 g/mol.